The molecule has 0 bridgehead atoms. The average Bonchev–Trinajstić information content (AvgIpc) is 2.77. The number of hydrogen-bond donors (Lipinski definition) is 1. The van der Waals surface area contributed by atoms with E-state index in [0.29, 0.717) is 48.4 Å². The summed E-state index contributed by atoms with van der Waals surface area (Å²) >= 11 is 0. The lowest BCUT2D eigenvalue weighted by atomic mass is 9.97. The van der Waals surface area contributed by atoms with Gasteiger partial charge in [-0.1, -0.05) is 24.3 Å². The fourth-order valence-corrected chi connectivity index (χ4v) is 3.37. The monoisotopic (exact) mass is 398 g/mol. The molecule has 2 amide bonds. The zero-order chi connectivity index (χ0) is 20.6. The molecule has 2 aromatic rings. The van der Waals surface area contributed by atoms with Crippen molar-refractivity contribution in [2.45, 2.75) is 12.8 Å². The third-order valence-electron chi connectivity index (χ3n) is 5.02. The van der Waals surface area contributed by atoms with E-state index in [-0.39, 0.29) is 12.0 Å². The Morgan fingerprint density at radius 3 is 2.38 bits per heavy atom. The number of nitrogens with zero attached hydrogens (tertiary/aromatic N) is 1. The van der Waals surface area contributed by atoms with Crippen molar-refractivity contribution in [2.24, 2.45) is 5.92 Å². The SMILES string of the molecule is COc1cccc(C(=O)NCC2CCN(C(=O)Oc3ccccc3)CC2)c1OC. The first-order valence-corrected chi connectivity index (χ1v) is 9.63. The van der Waals surface area contributed by atoms with Gasteiger partial charge in [-0.15, -0.1) is 0 Å². The van der Waals surface area contributed by atoms with E-state index in [1.54, 1.807) is 35.2 Å². The minimum absolute atomic E-state index is 0.202. The predicted octanol–water partition coefficient (Wildman–Crippen LogP) is 3.34. The topological polar surface area (TPSA) is 77.1 Å². The number of amides is 2. The van der Waals surface area contributed by atoms with Gasteiger partial charge >= 0.3 is 6.09 Å². The predicted molar refractivity (Wildman–Crippen MR) is 109 cm³/mol. The van der Waals surface area contributed by atoms with Gasteiger partial charge in [-0.2, -0.15) is 0 Å². The Labute approximate surface area is 170 Å². The Kier molecular flexibility index (Phi) is 6.94. The van der Waals surface area contributed by atoms with E-state index in [2.05, 4.69) is 5.32 Å². The zero-order valence-corrected chi connectivity index (χ0v) is 16.7. The number of carbonyl (C=O) groups excluding carboxylic acids is 2. The summed E-state index contributed by atoms with van der Waals surface area (Å²) in [6.45, 7) is 1.75. The van der Waals surface area contributed by atoms with E-state index in [1.807, 2.05) is 18.2 Å². The number of benzene rings is 2. The van der Waals surface area contributed by atoms with Crippen LogP contribution >= 0.6 is 0 Å². The molecule has 0 spiro atoms. The lowest BCUT2D eigenvalue weighted by molar-refractivity contribution is 0.0928. The number of nitrogens with one attached hydrogen (secondary N) is 1. The van der Waals surface area contributed by atoms with Gasteiger partial charge in [0.25, 0.3) is 5.91 Å². The summed E-state index contributed by atoms with van der Waals surface area (Å²) in [5.41, 5.74) is 0.440. The molecule has 2 aromatic carbocycles. The van der Waals surface area contributed by atoms with Crippen LogP contribution in [0.1, 0.15) is 23.2 Å². The van der Waals surface area contributed by atoms with Gasteiger partial charge in [0.05, 0.1) is 19.8 Å². The van der Waals surface area contributed by atoms with Crippen molar-refractivity contribution in [1.82, 2.24) is 10.2 Å². The third-order valence-corrected chi connectivity index (χ3v) is 5.02. The minimum Gasteiger partial charge on any atom is -0.493 e. The largest absolute Gasteiger partial charge is 0.493 e. The fraction of sp³-hybridized carbons (Fsp3) is 0.364. The Hall–Kier alpha value is -3.22. The van der Waals surface area contributed by atoms with Crippen molar-refractivity contribution in [2.75, 3.05) is 33.9 Å². The number of methoxy groups -OCH3 is 2. The Balaban J connectivity index is 1.48. The molecule has 29 heavy (non-hydrogen) atoms. The maximum atomic E-state index is 12.6. The van der Waals surface area contributed by atoms with Crippen LogP contribution in [0, 0.1) is 5.92 Å². The van der Waals surface area contributed by atoms with E-state index in [4.69, 9.17) is 14.2 Å². The number of hydrogen-bond acceptors (Lipinski definition) is 5. The molecular formula is C22H26N2O5. The van der Waals surface area contributed by atoms with E-state index < -0.39 is 0 Å². The number of likely N-dealkylation sites (tertiary alicyclic amines) is 1. The van der Waals surface area contributed by atoms with Gasteiger partial charge in [0.15, 0.2) is 11.5 Å². The molecular weight excluding hydrogens is 372 g/mol. The van der Waals surface area contributed by atoms with Gasteiger partial charge in [0.1, 0.15) is 5.75 Å². The molecule has 0 radical (unpaired) electrons. The van der Waals surface area contributed by atoms with Crippen molar-refractivity contribution in [1.29, 1.82) is 0 Å². The number of ether oxygens (including phenoxy) is 3. The summed E-state index contributed by atoms with van der Waals surface area (Å²) in [4.78, 5) is 26.5. The highest BCUT2D eigenvalue weighted by atomic mass is 16.6. The quantitative estimate of drug-likeness (QED) is 0.808. The first-order valence-electron chi connectivity index (χ1n) is 9.63. The molecule has 1 heterocycles. The number of rotatable bonds is 6. The molecule has 7 nitrogen and oxygen atoms in total. The maximum Gasteiger partial charge on any atom is 0.415 e. The second-order valence-electron chi connectivity index (χ2n) is 6.86. The van der Waals surface area contributed by atoms with Gasteiger partial charge in [0, 0.05) is 19.6 Å². The zero-order valence-electron chi connectivity index (χ0n) is 16.7. The van der Waals surface area contributed by atoms with E-state index in [9.17, 15) is 9.59 Å². The molecule has 154 valence electrons. The van der Waals surface area contributed by atoms with Crippen molar-refractivity contribution < 1.29 is 23.8 Å². The normalized spacial score (nSPS) is 14.2. The van der Waals surface area contributed by atoms with Crippen LogP contribution in [0.4, 0.5) is 4.79 Å². The van der Waals surface area contributed by atoms with Crippen LogP contribution in [-0.4, -0.2) is 50.8 Å². The summed E-state index contributed by atoms with van der Waals surface area (Å²) in [7, 11) is 3.05. The first-order chi connectivity index (χ1) is 14.1. The van der Waals surface area contributed by atoms with Crippen LogP contribution < -0.4 is 19.5 Å². The molecule has 1 aliphatic heterocycles. The lowest BCUT2D eigenvalue weighted by Crippen LogP contribution is -2.42. The van der Waals surface area contributed by atoms with E-state index >= 15 is 0 Å². The highest BCUT2D eigenvalue weighted by Crippen LogP contribution is 2.30. The highest BCUT2D eigenvalue weighted by Gasteiger charge is 2.25. The number of piperidine rings is 1. The summed E-state index contributed by atoms with van der Waals surface area (Å²) in [5, 5.41) is 2.97. The molecule has 1 fully saturated rings. The van der Waals surface area contributed by atoms with Gasteiger partial charge in [-0.25, -0.2) is 4.79 Å². The van der Waals surface area contributed by atoms with Crippen molar-refractivity contribution in [3.8, 4) is 17.2 Å². The average molecular weight is 398 g/mol. The third kappa shape index (κ3) is 5.19. The van der Waals surface area contributed by atoms with Gasteiger partial charge in [-0.05, 0) is 43.0 Å². The van der Waals surface area contributed by atoms with Crippen molar-refractivity contribution >= 4 is 12.0 Å². The van der Waals surface area contributed by atoms with Crippen LogP contribution in [0.15, 0.2) is 48.5 Å². The fourth-order valence-electron chi connectivity index (χ4n) is 3.37. The minimum atomic E-state index is -0.334. The van der Waals surface area contributed by atoms with Crippen LogP contribution in [-0.2, 0) is 0 Å². The first kappa shape index (κ1) is 20.5. The number of carbonyl (C=O) groups is 2. The summed E-state index contributed by atoms with van der Waals surface area (Å²) in [5.74, 6) is 1.58. The molecule has 0 aromatic heterocycles. The summed E-state index contributed by atoms with van der Waals surface area (Å²) < 4.78 is 16.0. The molecule has 1 N–H and O–H groups in total. The molecule has 1 saturated heterocycles. The van der Waals surface area contributed by atoms with Crippen LogP contribution in [0.2, 0.25) is 0 Å². The van der Waals surface area contributed by atoms with Gasteiger partial charge in [0.2, 0.25) is 0 Å². The Bertz CT molecular complexity index is 832. The van der Waals surface area contributed by atoms with Crippen LogP contribution in [0.25, 0.3) is 0 Å². The molecule has 0 saturated carbocycles. The molecule has 0 aliphatic carbocycles. The Morgan fingerprint density at radius 1 is 1.00 bits per heavy atom. The molecule has 0 unspecified atom stereocenters. The summed E-state index contributed by atoms with van der Waals surface area (Å²) in [6, 6.07) is 14.3. The van der Waals surface area contributed by atoms with Crippen LogP contribution in [0.3, 0.4) is 0 Å². The van der Waals surface area contributed by atoms with Gasteiger partial charge in [-0.3, -0.25) is 4.79 Å². The standard InChI is InChI=1S/C22H26N2O5/c1-27-19-10-6-9-18(20(19)28-2)21(25)23-15-16-11-13-24(14-12-16)22(26)29-17-7-4-3-5-8-17/h3-10,16H,11-15H2,1-2H3,(H,23,25). The molecule has 0 atom stereocenters. The second kappa shape index (κ2) is 9.82. The smallest absolute Gasteiger partial charge is 0.415 e. The van der Waals surface area contributed by atoms with Crippen molar-refractivity contribution in [3.05, 3.63) is 54.1 Å². The number of para-hydroxylation sites is 2. The molecule has 3 rings (SSSR count). The van der Waals surface area contributed by atoms with Crippen molar-refractivity contribution in [3.63, 3.8) is 0 Å². The van der Waals surface area contributed by atoms with E-state index in [1.165, 1.54) is 14.2 Å². The van der Waals surface area contributed by atoms with E-state index in [0.717, 1.165) is 12.8 Å². The molecule has 7 heteroatoms. The Morgan fingerprint density at radius 2 is 1.72 bits per heavy atom. The summed E-state index contributed by atoms with van der Waals surface area (Å²) in [6.07, 6.45) is 1.28. The second-order valence-corrected chi connectivity index (χ2v) is 6.86. The lowest BCUT2D eigenvalue weighted by Gasteiger charge is -2.31. The highest BCUT2D eigenvalue weighted by molar-refractivity contribution is 5.97. The molecule has 1 aliphatic rings. The van der Waals surface area contributed by atoms with Gasteiger partial charge < -0.3 is 24.4 Å². The van der Waals surface area contributed by atoms with Crippen LogP contribution in [0.5, 0.6) is 17.2 Å². The maximum absolute atomic E-state index is 12.6.